The van der Waals surface area contributed by atoms with Crippen LogP contribution in [0.3, 0.4) is 0 Å². The maximum absolute atomic E-state index is 11.7. The van der Waals surface area contributed by atoms with Crippen molar-refractivity contribution >= 4 is 12.0 Å². The molecule has 0 aromatic carbocycles. The molecule has 2 rings (SSSR count). The first-order chi connectivity index (χ1) is 6.68. The van der Waals surface area contributed by atoms with Crippen LogP contribution in [0.1, 0.15) is 19.3 Å². The van der Waals surface area contributed by atoms with Crippen molar-refractivity contribution in [2.75, 3.05) is 19.6 Å². The Hall–Kier alpha value is -1.26. The summed E-state index contributed by atoms with van der Waals surface area (Å²) in [6, 6.07) is 0.276. The average Bonchev–Trinajstić information content (AvgIpc) is 2.32. The van der Waals surface area contributed by atoms with Crippen LogP contribution in [0.25, 0.3) is 0 Å². The van der Waals surface area contributed by atoms with Gasteiger partial charge < -0.3 is 14.9 Å². The molecule has 1 aliphatic carbocycles. The molecule has 78 valence electrons. The van der Waals surface area contributed by atoms with Crippen LogP contribution in [0, 0.1) is 0 Å². The summed E-state index contributed by atoms with van der Waals surface area (Å²) in [5, 5.41) is 8.58. The first-order valence-electron chi connectivity index (χ1n) is 4.96. The van der Waals surface area contributed by atoms with Gasteiger partial charge in [-0.3, -0.25) is 4.79 Å². The van der Waals surface area contributed by atoms with Crippen molar-refractivity contribution in [3.63, 3.8) is 0 Å². The number of hydrogen-bond donors (Lipinski definition) is 1. The molecule has 0 unspecified atom stereocenters. The van der Waals surface area contributed by atoms with Crippen LogP contribution in [-0.4, -0.2) is 52.6 Å². The van der Waals surface area contributed by atoms with Gasteiger partial charge in [-0.25, -0.2) is 4.79 Å². The van der Waals surface area contributed by atoms with Gasteiger partial charge in [-0.15, -0.1) is 0 Å². The molecule has 0 aromatic rings. The zero-order chi connectivity index (χ0) is 10.1. The highest BCUT2D eigenvalue weighted by Crippen LogP contribution is 2.27. The lowest BCUT2D eigenvalue weighted by molar-refractivity contribution is -0.137. The number of rotatable bonds is 3. The Balaban J connectivity index is 1.92. The van der Waals surface area contributed by atoms with Gasteiger partial charge >= 0.3 is 12.0 Å². The van der Waals surface area contributed by atoms with E-state index in [1.165, 1.54) is 11.3 Å². The van der Waals surface area contributed by atoms with Gasteiger partial charge in [0, 0.05) is 19.1 Å². The lowest BCUT2D eigenvalue weighted by Gasteiger charge is -2.34. The molecule has 0 bridgehead atoms. The van der Waals surface area contributed by atoms with Gasteiger partial charge in [-0.2, -0.15) is 0 Å². The van der Waals surface area contributed by atoms with E-state index in [-0.39, 0.29) is 12.6 Å². The van der Waals surface area contributed by atoms with Crippen LogP contribution >= 0.6 is 0 Å². The fraction of sp³-hybridized carbons (Fsp3) is 0.778. The van der Waals surface area contributed by atoms with E-state index in [0.29, 0.717) is 19.1 Å². The number of carbonyl (C=O) groups excluding carboxylic acids is 1. The van der Waals surface area contributed by atoms with Gasteiger partial charge in [0.05, 0.1) is 0 Å². The van der Waals surface area contributed by atoms with Gasteiger partial charge in [0.1, 0.15) is 6.54 Å². The summed E-state index contributed by atoms with van der Waals surface area (Å²) in [6.07, 6.45) is 3.34. The predicted molar refractivity (Wildman–Crippen MR) is 48.9 cm³/mol. The number of carbonyl (C=O) groups is 2. The van der Waals surface area contributed by atoms with Crippen molar-refractivity contribution in [2.24, 2.45) is 0 Å². The molecule has 0 atom stereocenters. The first-order valence-corrected chi connectivity index (χ1v) is 4.96. The Morgan fingerprint density at radius 2 is 2.14 bits per heavy atom. The minimum absolute atomic E-state index is 0.0999. The van der Waals surface area contributed by atoms with E-state index in [0.717, 1.165) is 12.8 Å². The Morgan fingerprint density at radius 3 is 2.64 bits per heavy atom. The van der Waals surface area contributed by atoms with E-state index in [1.807, 2.05) is 4.90 Å². The summed E-state index contributed by atoms with van der Waals surface area (Å²) >= 11 is 0. The van der Waals surface area contributed by atoms with Gasteiger partial charge in [-0.1, -0.05) is 0 Å². The standard InChI is InChI=1S/C9H14N2O3/c12-8(13)6-10-4-5-11(9(10)14)7-2-1-3-7/h7H,1-6H2,(H,12,13). The quantitative estimate of drug-likeness (QED) is 0.712. The number of aliphatic carboxylic acids is 1. The van der Waals surface area contributed by atoms with Crippen LogP contribution in [0.5, 0.6) is 0 Å². The third kappa shape index (κ3) is 1.54. The molecule has 1 N–H and O–H groups in total. The van der Waals surface area contributed by atoms with Crippen molar-refractivity contribution in [3.05, 3.63) is 0 Å². The molecular formula is C9H14N2O3. The lowest BCUT2D eigenvalue weighted by atomic mass is 9.92. The average molecular weight is 198 g/mol. The fourth-order valence-corrected chi connectivity index (χ4v) is 1.95. The highest BCUT2D eigenvalue weighted by atomic mass is 16.4. The summed E-state index contributed by atoms with van der Waals surface area (Å²) in [4.78, 5) is 25.3. The van der Waals surface area contributed by atoms with E-state index >= 15 is 0 Å². The van der Waals surface area contributed by atoms with Crippen molar-refractivity contribution < 1.29 is 14.7 Å². The molecule has 1 saturated heterocycles. The van der Waals surface area contributed by atoms with Crippen molar-refractivity contribution in [1.29, 1.82) is 0 Å². The van der Waals surface area contributed by atoms with Crippen LogP contribution in [0.2, 0.25) is 0 Å². The van der Waals surface area contributed by atoms with E-state index in [2.05, 4.69) is 0 Å². The van der Waals surface area contributed by atoms with Crippen LogP contribution in [-0.2, 0) is 4.79 Å². The Kier molecular flexibility index (Phi) is 2.31. The molecule has 2 aliphatic rings. The van der Waals surface area contributed by atoms with Crippen LogP contribution < -0.4 is 0 Å². The summed E-state index contributed by atoms with van der Waals surface area (Å²) < 4.78 is 0. The number of carboxylic acid groups (broad SMARTS) is 1. The normalized spacial score (nSPS) is 22.7. The highest BCUT2D eigenvalue weighted by molar-refractivity contribution is 5.82. The third-order valence-corrected chi connectivity index (χ3v) is 2.97. The third-order valence-electron chi connectivity index (χ3n) is 2.97. The van der Waals surface area contributed by atoms with Crippen molar-refractivity contribution in [1.82, 2.24) is 9.80 Å². The Labute approximate surface area is 82.3 Å². The molecule has 1 saturated carbocycles. The summed E-state index contributed by atoms with van der Waals surface area (Å²) in [6.45, 7) is 1.08. The van der Waals surface area contributed by atoms with E-state index in [9.17, 15) is 9.59 Å². The maximum Gasteiger partial charge on any atom is 0.323 e. The molecule has 1 aliphatic heterocycles. The Morgan fingerprint density at radius 1 is 1.43 bits per heavy atom. The molecule has 2 fully saturated rings. The topological polar surface area (TPSA) is 60.9 Å². The zero-order valence-corrected chi connectivity index (χ0v) is 7.98. The Bertz CT molecular complexity index is 263. The van der Waals surface area contributed by atoms with Crippen LogP contribution in [0.15, 0.2) is 0 Å². The number of hydrogen-bond acceptors (Lipinski definition) is 2. The number of urea groups is 1. The molecule has 2 amide bonds. The minimum Gasteiger partial charge on any atom is -0.480 e. The maximum atomic E-state index is 11.7. The van der Waals surface area contributed by atoms with Gasteiger partial charge in [0.15, 0.2) is 0 Å². The second-order valence-corrected chi connectivity index (χ2v) is 3.88. The zero-order valence-electron chi connectivity index (χ0n) is 7.98. The molecule has 0 spiro atoms. The lowest BCUT2D eigenvalue weighted by Crippen LogP contribution is -2.43. The predicted octanol–water partition coefficient (Wildman–Crippen LogP) is 0.361. The molecule has 5 nitrogen and oxygen atoms in total. The first kappa shape index (κ1) is 9.30. The monoisotopic (exact) mass is 198 g/mol. The SMILES string of the molecule is O=C(O)CN1CCN(C2CCC2)C1=O. The van der Waals surface area contributed by atoms with Crippen molar-refractivity contribution in [2.45, 2.75) is 25.3 Å². The van der Waals surface area contributed by atoms with E-state index in [4.69, 9.17) is 5.11 Å². The van der Waals surface area contributed by atoms with Gasteiger partial charge in [-0.05, 0) is 19.3 Å². The smallest absolute Gasteiger partial charge is 0.323 e. The molecule has 5 heteroatoms. The van der Waals surface area contributed by atoms with Crippen LogP contribution in [0.4, 0.5) is 4.79 Å². The largest absolute Gasteiger partial charge is 0.480 e. The summed E-state index contributed by atoms with van der Waals surface area (Å²) in [5.41, 5.74) is 0. The molecule has 0 radical (unpaired) electrons. The van der Waals surface area contributed by atoms with E-state index < -0.39 is 5.97 Å². The summed E-state index contributed by atoms with van der Waals surface area (Å²) in [5.74, 6) is -0.936. The molecule has 1 heterocycles. The van der Waals surface area contributed by atoms with E-state index in [1.54, 1.807) is 0 Å². The molecular weight excluding hydrogens is 184 g/mol. The number of nitrogens with zero attached hydrogens (tertiary/aromatic N) is 2. The second-order valence-electron chi connectivity index (χ2n) is 3.88. The number of amides is 2. The summed E-state index contributed by atoms with van der Waals surface area (Å²) in [7, 11) is 0. The molecule has 0 aromatic heterocycles. The second kappa shape index (κ2) is 3.48. The minimum atomic E-state index is -0.936. The fourth-order valence-electron chi connectivity index (χ4n) is 1.95. The van der Waals surface area contributed by atoms with Gasteiger partial charge in [0.25, 0.3) is 0 Å². The highest BCUT2D eigenvalue weighted by Gasteiger charge is 2.36. The van der Waals surface area contributed by atoms with Crippen molar-refractivity contribution in [3.8, 4) is 0 Å². The molecule has 14 heavy (non-hydrogen) atoms. The number of carboxylic acids is 1. The van der Waals surface area contributed by atoms with Gasteiger partial charge in [0.2, 0.25) is 0 Å².